The van der Waals surface area contributed by atoms with Crippen LogP contribution in [0.2, 0.25) is 0 Å². The minimum atomic E-state index is -0.916. The number of rotatable bonds is 4. The third kappa shape index (κ3) is 3.35. The van der Waals surface area contributed by atoms with Gasteiger partial charge in [0.15, 0.2) is 0 Å². The first-order valence-corrected chi connectivity index (χ1v) is 7.22. The largest absolute Gasteiger partial charge is 0.497 e. The molecule has 2 atom stereocenters. The van der Waals surface area contributed by atoms with Crippen LogP contribution in [-0.2, 0) is 9.59 Å². The van der Waals surface area contributed by atoms with Crippen molar-refractivity contribution >= 4 is 11.9 Å². The fraction of sp³-hybridized carbons (Fsp3) is 0.500. The van der Waals surface area contributed by atoms with Crippen LogP contribution in [-0.4, -0.2) is 41.6 Å². The number of carbonyl (C=O) groups is 2. The van der Waals surface area contributed by atoms with E-state index in [4.69, 9.17) is 4.74 Å². The van der Waals surface area contributed by atoms with Crippen molar-refractivity contribution in [3.8, 4) is 5.75 Å². The summed E-state index contributed by atoms with van der Waals surface area (Å²) in [5.41, 5.74) is 0.842. The average molecular weight is 291 g/mol. The minimum Gasteiger partial charge on any atom is -0.497 e. The zero-order chi connectivity index (χ0) is 15.4. The Balaban J connectivity index is 2.18. The molecule has 1 fully saturated rings. The molecule has 0 radical (unpaired) electrons. The summed E-state index contributed by atoms with van der Waals surface area (Å²) in [7, 11) is 1.58. The average Bonchev–Trinajstić information content (AvgIpc) is 2.53. The SMILES string of the molecule is COc1cccc(C(C)C(=O)N2CCCCC2C(=O)O)c1. The number of amides is 1. The first-order valence-electron chi connectivity index (χ1n) is 7.22. The van der Waals surface area contributed by atoms with Gasteiger partial charge in [-0.15, -0.1) is 0 Å². The first kappa shape index (κ1) is 15.4. The molecule has 0 spiro atoms. The molecular formula is C16H21NO4. The van der Waals surface area contributed by atoms with E-state index in [1.54, 1.807) is 7.11 Å². The van der Waals surface area contributed by atoms with Gasteiger partial charge in [-0.05, 0) is 43.9 Å². The van der Waals surface area contributed by atoms with E-state index in [1.807, 2.05) is 31.2 Å². The summed E-state index contributed by atoms with van der Waals surface area (Å²) in [4.78, 5) is 25.5. The highest BCUT2D eigenvalue weighted by atomic mass is 16.5. The second kappa shape index (κ2) is 6.61. The molecule has 114 valence electrons. The van der Waals surface area contributed by atoms with Crippen molar-refractivity contribution in [2.75, 3.05) is 13.7 Å². The number of hydrogen-bond donors (Lipinski definition) is 1. The lowest BCUT2D eigenvalue weighted by molar-refractivity contribution is -0.152. The Kier molecular flexibility index (Phi) is 4.83. The lowest BCUT2D eigenvalue weighted by Gasteiger charge is -2.34. The van der Waals surface area contributed by atoms with Crippen LogP contribution in [0.3, 0.4) is 0 Å². The van der Waals surface area contributed by atoms with Crippen molar-refractivity contribution in [2.45, 2.75) is 38.1 Å². The maximum atomic E-state index is 12.6. The van der Waals surface area contributed by atoms with E-state index in [2.05, 4.69) is 0 Å². The van der Waals surface area contributed by atoms with E-state index in [0.717, 1.165) is 18.4 Å². The third-order valence-corrected chi connectivity index (χ3v) is 4.04. The van der Waals surface area contributed by atoms with E-state index in [9.17, 15) is 14.7 Å². The predicted octanol–water partition coefficient (Wildman–Crippen LogP) is 2.26. The second-order valence-electron chi connectivity index (χ2n) is 5.38. The fourth-order valence-electron chi connectivity index (χ4n) is 2.75. The molecule has 1 amide bonds. The zero-order valence-corrected chi connectivity index (χ0v) is 12.4. The van der Waals surface area contributed by atoms with Crippen LogP contribution in [0.5, 0.6) is 5.75 Å². The summed E-state index contributed by atoms with van der Waals surface area (Å²) in [6.45, 7) is 2.33. The molecule has 2 unspecified atom stereocenters. The van der Waals surface area contributed by atoms with Gasteiger partial charge in [-0.1, -0.05) is 12.1 Å². The van der Waals surface area contributed by atoms with Gasteiger partial charge >= 0.3 is 5.97 Å². The number of methoxy groups -OCH3 is 1. The molecule has 1 aliphatic rings. The normalized spacial score (nSPS) is 19.9. The van der Waals surface area contributed by atoms with Crippen LogP contribution >= 0.6 is 0 Å². The number of carboxylic acid groups (broad SMARTS) is 1. The number of ether oxygens (including phenoxy) is 1. The standard InChI is InChI=1S/C16H21NO4/c1-11(12-6-5-7-13(10-12)21-2)15(18)17-9-4-3-8-14(17)16(19)20/h5-7,10-11,14H,3-4,8-9H2,1-2H3,(H,19,20). The summed E-state index contributed by atoms with van der Waals surface area (Å²) in [6.07, 6.45) is 2.25. The summed E-state index contributed by atoms with van der Waals surface area (Å²) in [6, 6.07) is 6.65. The van der Waals surface area contributed by atoms with Gasteiger partial charge in [-0.2, -0.15) is 0 Å². The van der Waals surface area contributed by atoms with Gasteiger partial charge in [0.2, 0.25) is 5.91 Å². The van der Waals surface area contributed by atoms with Crippen molar-refractivity contribution in [2.24, 2.45) is 0 Å². The molecule has 1 N–H and O–H groups in total. The molecule has 1 aliphatic heterocycles. The quantitative estimate of drug-likeness (QED) is 0.924. The Morgan fingerprint density at radius 1 is 1.38 bits per heavy atom. The zero-order valence-electron chi connectivity index (χ0n) is 12.4. The molecule has 1 aromatic carbocycles. The van der Waals surface area contributed by atoms with Crippen LogP contribution in [0.25, 0.3) is 0 Å². The number of aliphatic carboxylic acids is 1. The minimum absolute atomic E-state index is 0.129. The van der Waals surface area contributed by atoms with Crippen molar-refractivity contribution in [3.63, 3.8) is 0 Å². The van der Waals surface area contributed by atoms with Crippen molar-refractivity contribution in [1.29, 1.82) is 0 Å². The van der Waals surface area contributed by atoms with Crippen LogP contribution in [0.4, 0.5) is 0 Å². The van der Waals surface area contributed by atoms with Crippen molar-refractivity contribution in [3.05, 3.63) is 29.8 Å². The van der Waals surface area contributed by atoms with E-state index in [-0.39, 0.29) is 11.8 Å². The summed E-state index contributed by atoms with van der Waals surface area (Å²) in [5, 5.41) is 9.28. The molecular weight excluding hydrogens is 270 g/mol. The number of carbonyl (C=O) groups excluding carboxylic acids is 1. The molecule has 2 rings (SSSR count). The summed E-state index contributed by atoms with van der Waals surface area (Å²) < 4.78 is 5.17. The lowest BCUT2D eigenvalue weighted by Crippen LogP contribution is -2.49. The van der Waals surface area contributed by atoms with Gasteiger partial charge in [0.05, 0.1) is 13.0 Å². The monoisotopic (exact) mass is 291 g/mol. The highest BCUT2D eigenvalue weighted by Crippen LogP contribution is 2.26. The van der Waals surface area contributed by atoms with Gasteiger partial charge in [-0.25, -0.2) is 4.79 Å². The van der Waals surface area contributed by atoms with Gasteiger partial charge in [0.25, 0.3) is 0 Å². The maximum absolute atomic E-state index is 12.6. The molecule has 0 bridgehead atoms. The second-order valence-corrected chi connectivity index (χ2v) is 5.38. The Morgan fingerprint density at radius 2 is 2.14 bits per heavy atom. The highest BCUT2D eigenvalue weighted by molar-refractivity contribution is 5.88. The van der Waals surface area contributed by atoms with Crippen LogP contribution < -0.4 is 4.74 Å². The lowest BCUT2D eigenvalue weighted by atomic mass is 9.95. The third-order valence-electron chi connectivity index (χ3n) is 4.04. The first-order chi connectivity index (χ1) is 10.0. The molecule has 5 heteroatoms. The van der Waals surface area contributed by atoms with Crippen LogP contribution in [0, 0.1) is 0 Å². The van der Waals surface area contributed by atoms with E-state index in [0.29, 0.717) is 18.7 Å². The highest BCUT2D eigenvalue weighted by Gasteiger charge is 2.34. The van der Waals surface area contributed by atoms with E-state index >= 15 is 0 Å². The van der Waals surface area contributed by atoms with Gasteiger partial charge in [0, 0.05) is 6.54 Å². The number of hydrogen-bond acceptors (Lipinski definition) is 3. The summed E-state index contributed by atoms with van der Waals surface area (Å²) >= 11 is 0. The fourth-order valence-corrected chi connectivity index (χ4v) is 2.75. The number of nitrogens with zero attached hydrogens (tertiary/aromatic N) is 1. The topological polar surface area (TPSA) is 66.8 Å². The van der Waals surface area contributed by atoms with E-state index < -0.39 is 12.0 Å². The summed E-state index contributed by atoms with van der Waals surface area (Å²) in [5.74, 6) is -0.725. The van der Waals surface area contributed by atoms with Gasteiger partial charge in [0.1, 0.15) is 11.8 Å². The number of piperidine rings is 1. The molecule has 0 aliphatic carbocycles. The molecule has 21 heavy (non-hydrogen) atoms. The molecule has 0 saturated carbocycles. The van der Waals surface area contributed by atoms with Crippen molar-refractivity contribution < 1.29 is 19.4 Å². The molecule has 0 aromatic heterocycles. The number of likely N-dealkylation sites (tertiary alicyclic amines) is 1. The number of benzene rings is 1. The Morgan fingerprint density at radius 3 is 2.81 bits per heavy atom. The molecule has 5 nitrogen and oxygen atoms in total. The van der Waals surface area contributed by atoms with E-state index in [1.165, 1.54) is 4.90 Å². The van der Waals surface area contributed by atoms with Crippen molar-refractivity contribution in [1.82, 2.24) is 4.90 Å². The molecule has 1 heterocycles. The molecule has 1 aromatic rings. The smallest absolute Gasteiger partial charge is 0.326 e. The van der Waals surface area contributed by atoms with Gasteiger partial charge in [-0.3, -0.25) is 4.79 Å². The van der Waals surface area contributed by atoms with Crippen LogP contribution in [0.15, 0.2) is 24.3 Å². The molecule has 1 saturated heterocycles. The van der Waals surface area contributed by atoms with Crippen LogP contribution in [0.1, 0.15) is 37.7 Å². The maximum Gasteiger partial charge on any atom is 0.326 e. The Labute approximate surface area is 124 Å². The Bertz CT molecular complexity index is 529. The predicted molar refractivity (Wildman–Crippen MR) is 78.4 cm³/mol. The number of carboxylic acids is 1. The Hall–Kier alpha value is -2.04. The van der Waals surface area contributed by atoms with Gasteiger partial charge < -0.3 is 14.7 Å².